The molecule has 2 aliphatic carbocycles. The molecular weight excluding hydrogens is 475 g/mol. The summed E-state index contributed by atoms with van der Waals surface area (Å²) in [5.41, 5.74) is 9.92. The Balaban J connectivity index is 1.91. The first-order chi connectivity index (χ1) is 18.3. The zero-order valence-corrected chi connectivity index (χ0v) is 26.8. The molecule has 210 valence electrons. The molecule has 0 bridgehead atoms. The lowest BCUT2D eigenvalue weighted by Crippen LogP contribution is -2.27. The minimum absolute atomic E-state index is 0.132. The summed E-state index contributed by atoms with van der Waals surface area (Å²) in [5, 5.41) is 1.76. The molecule has 0 N–H and O–H groups in total. The van der Waals surface area contributed by atoms with Gasteiger partial charge in [0.1, 0.15) is 0 Å². The maximum absolute atomic E-state index is 2.63. The van der Waals surface area contributed by atoms with Crippen molar-refractivity contribution in [2.75, 3.05) is 0 Å². The van der Waals surface area contributed by atoms with Gasteiger partial charge in [-0.3, -0.25) is 0 Å². The van der Waals surface area contributed by atoms with E-state index < -0.39 is 0 Å². The van der Waals surface area contributed by atoms with Crippen molar-refractivity contribution >= 4 is 13.2 Å². The topological polar surface area (TPSA) is 0 Å². The lowest BCUT2D eigenvalue weighted by atomic mass is 9.81. The van der Waals surface area contributed by atoms with Crippen molar-refractivity contribution in [1.82, 2.24) is 0 Å². The van der Waals surface area contributed by atoms with Gasteiger partial charge in [0.2, 0.25) is 0 Å². The minimum atomic E-state index is -0.132. The molecule has 1 atom stereocenters. The van der Waals surface area contributed by atoms with Crippen LogP contribution in [0.5, 0.6) is 0 Å². The first-order valence-electron chi connectivity index (χ1n) is 16.3. The molecule has 1 unspecified atom stereocenters. The third kappa shape index (κ3) is 7.33. The van der Waals surface area contributed by atoms with Crippen LogP contribution in [0.2, 0.25) is 0 Å². The molecule has 0 radical (unpaired) electrons. The number of hydrogen-bond donors (Lipinski definition) is 0. The molecule has 2 aromatic carbocycles. The highest BCUT2D eigenvalue weighted by molar-refractivity contribution is 7.67. The van der Waals surface area contributed by atoms with Crippen molar-refractivity contribution in [2.45, 2.75) is 143 Å². The quantitative estimate of drug-likeness (QED) is 0.267. The highest BCUT2D eigenvalue weighted by Crippen LogP contribution is 2.56. The minimum Gasteiger partial charge on any atom is -0.0683 e. The monoisotopic (exact) mass is 532 g/mol. The van der Waals surface area contributed by atoms with E-state index in [1.165, 1.54) is 77.0 Å². The molecule has 0 aromatic heterocycles. The van der Waals surface area contributed by atoms with Gasteiger partial charge in [-0.2, -0.15) is 0 Å². The lowest BCUT2D eigenvalue weighted by Gasteiger charge is -2.40. The first kappa shape index (κ1) is 29.8. The molecule has 0 spiro atoms. The lowest BCUT2D eigenvalue weighted by molar-refractivity contribution is 0.487. The first-order valence-corrected chi connectivity index (χ1v) is 17.8. The van der Waals surface area contributed by atoms with Gasteiger partial charge in [0.05, 0.1) is 0 Å². The molecule has 1 heteroatoms. The molecule has 2 aromatic rings. The largest absolute Gasteiger partial charge is 0.0683 e. The highest BCUT2D eigenvalue weighted by atomic mass is 31.1. The van der Waals surface area contributed by atoms with E-state index in [9.17, 15) is 0 Å². The van der Waals surface area contributed by atoms with Gasteiger partial charge in [-0.25, -0.2) is 0 Å². The molecule has 4 rings (SSSR count). The number of benzene rings is 2. The second kappa shape index (κ2) is 14.0. The van der Waals surface area contributed by atoms with Crippen LogP contribution in [-0.2, 0) is 12.8 Å². The third-order valence-corrected chi connectivity index (χ3v) is 13.0. The maximum atomic E-state index is 2.63. The van der Waals surface area contributed by atoms with Crippen LogP contribution in [0, 0.1) is 17.8 Å². The van der Waals surface area contributed by atoms with Crippen LogP contribution in [0.15, 0.2) is 36.4 Å². The molecule has 0 heterocycles. The fourth-order valence-corrected chi connectivity index (χ4v) is 11.3. The van der Waals surface area contributed by atoms with Crippen molar-refractivity contribution in [3.63, 3.8) is 0 Å². The van der Waals surface area contributed by atoms with Crippen LogP contribution in [0.1, 0.15) is 135 Å². The average Bonchev–Trinajstić information content (AvgIpc) is 2.89. The predicted molar refractivity (Wildman–Crippen MR) is 173 cm³/mol. The van der Waals surface area contributed by atoms with Gasteiger partial charge in [0.15, 0.2) is 0 Å². The van der Waals surface area contributed by atoms with E-state index in [1.807, 2.05) is 0 Å². The summed E-state index contributed by atoms with van der Waals surface area (Å²) >= 11 is 0. The van der Waals surface area contributed by atoms with Gasteiger partial charge in [-0.15, -0.1) is 0 Å². The van der Waals surface area contributed by atoms with Crippen LogP contribution in [0.25, 0.3) is 11.1 Å². The molecule has 0 saturated heterocycles. The SMILES string of the molecule is CC(C)Cc1cc(C(C)C(C)C)cc(CC(C)C)c1-c1ccccc1P(C1CCCCC1)C1CCCCC1. The van der Waals surface area contributed by atoms with Crippen molar-refractivity contribution < 1.29 is 0 Å². The van der Waals surface area contributed by atoms with Crippen LogP contribution in [-0.4, -0.2) is 11.3 Å². The van der Waals surface area contributed by atoms with Crippen LogP contribution in [0.4, 0.5) is 0 Å². The summed E-state index contributed by atoms with van der Waals surface area (Å²) in [6.07, 6.45) is 17.0. The van der Waals surface area contributed by atoms with Crippen molar-refractivity contribution in [3.8, 4) is 11.1 Å². The van der Waals surface area contributed by atoms with Crippen molar-refractivity contribution in [2.24, 2.45) is 17.8 Å². The van der Waals surface area contributed by atoms with E-state index in [-0.39, 0.29) is 7.92 Å². The van der Waals surface area contributed by atoms with Crippen molar-refractivity contribution in [3.05, 3.63) is 53.1 Å². The molecule has 0 amide bonds. The number of rotatable bonds is 10. The van der Waals surface area contributed by atoms with E-state index in [4.69, 9.17) is 0 Å². The standard InChI is InChI=1S/C37H57P/c1-26(2)22-31-24-30(29(7)28(5)6)25-32(23-27(3)4)37(31)35-20-14-15-21-36(35)38(33-16-10-8-11-17-33)34-18-12-9-13-19-34/h14-15,20-21,24-29,33-34H,8-13,16-19,22-23H2,1-7H3. The van der Waals surface area contributed by atoms with Gasteiger partial charge < -0.3 is 0 Å². The second-order valence-corrected chi connectivity index (χ2v) is 16.7. The average molecular weight is 533 g/mol. The van der Waals surface area contributed by atoms with Gasteiger partial charge in [-0.05, 0) is 107 Å². The molecule has 0 aliphatic heterocycles. The Labute approximate surface area is 237 Å². The Bertz CT molecular complexity index is 954. The summed E-state index contributed by atoms with van der Waals surface area (Å²) in [4.78, 5) is 0. The predicted octanol–water partition coefficient (Wildman–Crippen LogP) is 11.3. The van der Waals surface area contributed by atoms with E-state index >= 15 is 0 Å². The van der Waals surface area contributed by atoms with E-state index in [1.54, 1.807) is 33.1 Å². The summed E-state index contributed by atoms with van der Waals surface area (Å²) in [6.45, 7) is 16.9. The number of hydrogen-bond acceptors (Lipinski definition) is 0. The fraction of sp³-hybridized carbons (Fsp3) is 0.676. The summed E-state index contributed by atoms with van der Waals surface area (Å²) in [7, 11) is -0.132. The van der Waals surface area contributed by atoms with Crippen LogP contribution >= 0.6 is 7.92 Å². The van der Waals surface area contributed by atoms with Crippen LogP contribution < -0.4 is 5.30 Å². The van der Waals surface area contributed by atoms with Gasteiger partial charge in [0, 0.05) is 0 Å². The molecular formula is C37H57P. The normalized spacial score (nSPS) is 18.7. The second-order valence-electron chi connectivity index (χ2n) is 14.0. The van der Waals surface area contributed by atoms with E-state index in [0.717, 1.165) is 11.3 Å². The Hall–Kier alpha value is -1.13. The van der Waals surface area contributed by atoms with Crippen LogP contribution in [0.3, 0.4) is 0 Å². The Morgan fingerprint density at radius 1 is 0.658 bits per heavy atom. The highest BCUT2D eigenvalue weighted by Gasteiger charge is 2.34. The fourth-order valence-electron chi connectivity index (χ4n) is 7.31. The third-order valence-electron chi connectivity index (χ3n) is 9.49. The Kier molecular flexibility index (Phi) is 11.0. The Morgan fingerprint density at radius 2 is 1.13 bits per heavy atom. The van der Waals surface area contributed by atoms with E-state index in [0.29, 0.717) is 23.7 Å². The zero-order chi connectivity index (χ0) is 27.2. The van der Waals surface area contributed by atoms with Crippen molar-refractivity contribution in [1.29, 1.82) is 0 Å². The summed E-state index contributed by atoms with van der Waals surface area (Å²) in [6, 6.07) is 15.1. The smallest absolute Gasteiger partial charge is 0.0101 e. The zero-order valence-electron chi connectivity index (χ0n) is 25.9. The van der Waals surface area contributed by atoms with Gasteiger partial charge >= 0.3 is 0 Å². The Morgan fingerprint density at radius 3 is 1.58 bits per heavy atom. The van der Waals surface area contributed by atoms with Gasteiger partial charge in [-0.1, -0.05) is 131 Å². The molecule has 2 fully saturated rings. The summed E-state index contributed by atoms with van der Waals surface area (Å²) in [5.74, 6) is 2.58. The van der Waals surface area contributed by atoms with E-state index in [2.05, 4.69) is 84.9 Å². The molecule has 2 aliphatic rings. The molecule has 2 saturated carbocycles. The van der Waals surface area contributed by atoms with Gasteiger partial charge in [0.25, 0.3) is 0 Å². The summed E-state index contributed by atoms with van der Waals surface area (Å²) < 4.78 is 0. The molecule has 38 heavy (non-hydrogen) atoms. The molecule has 0 nitrogen and oxygen atoms in total. The maximum Gasteiger partial charge on any atom is -0.0101 e.